The van der Waals surface area contributed by atoms with Crippen LogP contribution in [0.3, 0.4) is 0 Å². The van der Waals surface area contributed by atoms with E-state index in [1.165, 1.54) is 0 Å². The van der Waals surface area contributed by atoms with Gasteiger partial charge in [0.15, 0.2) is 0 Å². The summed E-state index contributed by atoms with van der Waals surface area (Å²) in [4.78, 5) is 0. The van der Waals surface area contributed by atoms with Crippen LogP contribution >= 0.6 is 0 Å². The van der Waals surface area contributed by atoms with Gasteiger partial charge in [0.2, 0.25) is 0 Å². The van der Waals surface area contributed by atoms with E-state index in [9.17, 15) is 0 Å². The molecule has 0 nitrogen and oxygen atoms in total. The molecule has 0 aromatic heterocycles. The van der Waals surface area contributed by atoms with Crippen molar-refractivity contribution in [1.29, 1.82) is 0 Å². The Morgan fingerprint density at radius 2 is 1.20 bits per heavy atom. The van der Waals surface area contributed by atoms with Gasteiger partial charge in [-0.05, 0) is 18.8 Å². The van der Waals surface area contributed by atoms with E-state index in [0.29, 0.717) is 5.92 Å². The molecule has 0 saturated carbocycles. The molecule has 0 heterocycles. The monoisotopic (exact) mass is 141 g/mol. The molecule has 0 radical (unpaired) electrons. The molecule has 0 aromatic carbocycles. The van der Waals surface area contributed by atoms with Gasteiger partial charge in [0.05, 0.1) is 12.8 Å². The molecule has 0 aliphatic rings. The van der Waals surface area contributed by atoms with Crippen molar-refractivity contribution in [2.45, 2.75) is 34.6 Å². The molecule has 0 aromatic rings. The Bertz CT molecular complexity index is 70.0. The molecule has 0 N–H and O–H groups in total. The van der Waals surface area contributed by atoms with E-state index < -0.39 is 0 Å². The molecule has 0 spiro atoms. The van der Waals surface area contributed by atoms with Crippen LogP contribution in [0.1, 0.15) is 34.6 Å². The van der Waals surface area contributed by atoms with Gasteiger partial charge in [-0.1, -0.05) is 27.7 Å². The number of rotatable bonds is 3. The van der Waals surface area contributed by atoms with Crippen LogP contribution in [0.5, 0.6) is 0 Å². The minimum absolute atomic E-state index is 0.581. The van der Waals surface area contributed by atoms with Crippen LogP contribution in [-0.2, 0) is 0 Å². The maximum absolute atomic E-state index is 4.04. The average molecular weight is 141 g/mol. The van der Waals surface area contributed by atoms with Crippen LogP contribution < -0.4 is 0 Å². The van der Waals surface area contributed by atoms with Crippen LogP contribution in [-0.4, -0.2) is 0 Å². The number of hydrogen-bond acceptors (Lipinski definition) is 0. The van der Waals surface area contributed by atoms with Gasteiger partial charge in [0.25, 0.3) is 0 Å². The van der Waals surface area contributed by atoms with Crippen molar-refractivity contribution in [3.05, 3.63) is 6.92 Å². The highest BCUT2D eigenvalue weighted by Gasteiger charge is 2.21. The standard InChI is InChI=1S/C10H21/c1-7(2)9(5)10(6)8(3)4/h7-10H,1H2,2-6H3/q+1. The van der Waals surface area contributed by atoms with E-state index in [1.807, 2.05) is 0 Å². The summed E-state index contributed by atoms with van der Waals surface area (Å²) in [5, 5.41) is 0. The van der Waals surface area contributed by atoms with E-state index in [0.717, 1.165) is 17.8 Å². The molecule has 0 aliphatic carbocycles. The Morgan fingerprint density at radius 3 is 1.30 bits per heavy atom. The fraction of sp³-hybridized carbons (Fsp3) is 0.900. The van der Waals surface area contributed by atoms with Crippen molar-refractivity contribution in [2.24, 2.45) is 23.7 Å². The molecule has 0 amide bonds. The summed E-state index contributed by atoms with van der Waals surface area (Å²) in [6, 6.07) is 0. The highest BCUT2D eigenvalue weighted by atomic mass is 14.2. The second-order valence-corrected chi connectivity index (χ2v) is 3.94. The van der Waals surface area contributed by atoms with Gasteiger partial charge in [-0.15, -0.1) is 0 Å². The Labute approximate surface area is 66.0 Å². The van der Waals surface area contributed by atoms with E-state index in [2.05, 4.69) is 41.5 Å². The Hall–Kier alpha value is -0.130. The molecular weight excluding hydrogens is 120 g/mol. The predicted octanol–water partition coefficient (Wildman–Crippen LogP) is 3.38. The molecule has 0 rings (SSSR count). The third kappa shape index (κ3) is 2.64. The van der Waals surface area contributed by atoms with Gasteiger partial charge in [-0.25, -0.2) is 0 Å². The summed E-state index contributed by atoms with van der Waals surface area (Å²) >= 11 is 0. The first-order valence-electron chi connectivity index (χ1n) is 4.29. The molecule has 0 aliphatic heterocycles. The van der Waals surface area contributed by atoms with Crippen molar-refractivity contribution in [1.82, 2.24) is 0 Å². The molecule has 3 unspecified atom stereocenters. The summed E-state index contributed by atoms with van der Waals surface area (Å²) in [6.45, 7) is 15.4. The fourth-order valence-electron chi connectivity index (χ4n) is 1.13. The summed E-state index contributed by atoms with van der Waals surface area (Å²) < 4.78 is 0. The highest BCUT2D eigenvalue weighted by Crippen LogP contribution is 2.25. The zero-order chi connectivity index (χ0) is 8.31. The lowest BCUT2D eigenvalue weighted by Crippen LogP contribution is -2.18. The quantitative estimate of drug-likeness (QED) is 0.528. The molecule has 0 heteroatoms. The van der Waals surface area contributed by atoms with Crippen LogP contribution in [0.15, 0.2) is 0 Å². The summed E-state index contributed by atoms with van der Waals surface area (Å²) in [5.74, 6) is 2.92. The Kier molecular flexibility index (Phi) is 3.85. The molecule has 0 bridgehead atoms. The lowest BCUT2D eigenvalue weighted by molar-refractivity contribution is 0.250. The number of hydrogen-bond donors (Lipinski definition) is 0. The van der Waals surface area contributed by atoms with Gasteiger partial charge in [0.1, 0.15) is 0 Å². The SMILES string of the molecule is [CH2+]C(C)C(C)C(C)C(C)C. The topological polar surface area (TPSA) is 0 Å². The average Bonchev–Trinajstić information content (AvgIpc) is 1.84. The first kappa shape index (κ1) is 9.87. The van der Waals surface area contributed by atoms with Crippen LogP contribution in [0.2, 0.25) is 0 Å². The second-order valence-electron chi connectivity index (χ2n) is 3.94. The van der Waals surface area contributed by atoms with Crippen molar-refractivity contribution in [3.8, 4) is 0 Å². The van der Waals surface area contributed by atoms with E-state index in [1.54, 1.807) is 0 Å². The molecular formula is C10H21+. The summed E-state index contributed by atoms with van der Waals surface area (Å²) in [5.41, 5.74) is 0. The van der Waals surface area contributed by atoms with Crippen LogP contribution in [0, 0.1) is 30.6 Å². The third-order valence-corrected chi connectivity index (χ3v) is 2.78. The van der Waals surface area contributed by atoms with Gasteiger partial charge < -0.3 is 0 Å². The minimum Gasteiger partial charge on any atom is -0.0625 e. The lowest BCUT2D eigenvalue weighted by Gasteiger charge is -2.23. The molecule has 3 atom stereocenters. The van der Waals surface area contributed by atoms with Gasteiger partial charge in [-0.2, -0.15) is 0 Å². The minimum atomic E-state index is 0.581. The van der Waals surface area contributed by atoms with Crippen molar-refractivity contribution in [3.63, 3.8) is 0 Å². The van der Waals surface area contributed by atoms with Gasteiger partial charge >= 0.3 is 0 Å². The predicted molar refractivity (Wildman–Crippen MR) is 47.7 cm³/mol. The van der Waals surface area contributed by atoms with E-state index >= 15 is 0 Å². The normalized spacial score (nSPS) is 20.6. The first-order valence-corrected chi connectivity index (χ1v) is 4.29. The van der Waals surface area contributed by atoms with Crippen molar-refractivity contribution < 1.29 is 0 Å². The zero-order valence-corrected chi connectivity index (χ0v) is 8.02. The van der Waals surface area contributed by atoms with Gasteiger partial charge in [0, 0.05) is 5.92 Å². The second kappa shape index (κ2) is 3.90. The maximum atomic E-state index is 4.04. The van der Waals surface area contributed by atoms with Gasteiger partial charge in [-0.3, -0.25) is 0 Å². The van der Waals surface area contributed by atoms with Crippen LogP contribution in [0.4, 0.5) is 0 Å². The maximum Gasteiger partial charge on any atom is 0.0952 e. The summed E-state index contributed by atoms with van der Waals surface area (Å²) in [6.07, 6.45) is 0. The highest BCUT2D eigenvalue weighted by molar-refractivity contribution is 4.71. The van der Waals surface area contributed by atoms with Crippen molar-refractivity contribution >= 4 is 0 Å². The van der Waals surface area contributed by atoms with E-state index in [4.69, 9.17) is 0 Å². The zero-order valence-electron chi connectivity index (χ0n) is 8.02. The fourth-order valence-corrected chi connectivity index (χ4v) is 1.13. The van der Waals surface area contributed by atoms with E-state index in [-0.39, 0.29) is 0 Å². The molecule has 0 saturated heterocycles. The first-order chi connectivity index (χ1) is 4.46. The van der Waals surface area contributed by atoms with Crippen LogP contribution in [0.25, 0.3) is 0 Å². The Morgan fingerprint density at radius 1 is 0.800 bits per heavy atom. The molecule has 60 valence electrons. The summed E-state index contributed by atoms with van der Waals surface area (Å²) in [7, 11) is 0. The molecule has 10 heavy (non-hydrogen) atoms. The largest absolute Gasteiger partial charge is 0.0952 e. The smallest absolute Gasteiger partial charge is 0.0625 e. The molecule has 0 fully saturated rings. The lowest BCUT2D eigenvalue weighted by atomic mass is 9.80. The van der Waals surface area contributed by atoms with Crippen molar-refractivity contribution in [2.75, 3.05) is 0 Å². The third-order valence-electron chi connectivity index (χ3n) is 2.78. The Balaban J connectivity index is 3.81.